The molecule has 39 heavy (non-hydrogen) atoms. The monoisotopic (exact) mass is 535 g/mol. The number of fused-ring (bicyclic) bond motifs is 2. The van der Waals surface area contributed by atoms with E-state index >= 15 is 0 Å². The van der Waals surface area contributed by atoms with Crippen LogP contribution in [0.1, 0.15) is 50.2 Å². The number of carbonyl (C=O) groups is 3. The minimum atomic E-state index is -1.20. The molecule has 2 saturated heterocycles. The molecular formula is C31H41N3O5. The van der Waals surface area contributed by atoms with E-state index < -0.39 is 29.6 Å². The zero-order valence-corrected chi connectivity index (χ0v) is 23.3. The van der Waals surface area contributed by atoms with Crippen molar-refractivity contribution >= 4 is 23.4 Å². The average Bonchev–Trinajstić information content (AvgIpc) is 3.23. The van der Waals surface area contributed by atoms with Gasteiger partial charge >= 0.3 is 0 Å². The predicted octanol–water partition coefficient (Wildman–Crippen LogP) is 3.15. The van der Waals surface area contributed by atoms with Crippen LogP contribution in [0.2, 0.25) is 0 Å². The number of hydrogen-bond donors (Lipinski definition) is 1. The number of aryl methyl sites for hydroxylation is 2. The number of aliphatic hydroxyl groups excluding tert-OH is 1. The lowest BCUT2D eigenvalue weighted by Gasteiger charge is -2.35. The van der Waals surface area contributed by atoms with Gasteiger partial charge in [0.15, 0.2) is 0 Å². The molecule has 0 aromatic heterocycles. The summed E-state index contributed by atoms with van der Waals surface area (Å²) >= 11 is 0. The molecule has 1 aromatic carbocycles. The van der Waals surface area contributed by atoms with E-state index in [1.54, 1.807) is 9.80 Å². The normalized spacial score (nSPS) is 29.9. The Morgan fingerprint density at radius 2 is 1.77 bits per heavy atom. The lowest BCUT2D eigenvalue weighted by molar-refractivity contribution is -0.144. The Labute approximate surface area is 231 Å². The lowest BCUT2D eigenvalue weighted by Crippen LogP contribution is -2.55. The van der Waals surface area contributed by atoms with E-state index in [4.69, 9.17) is 9.84 Å². The van der Waals surface area contributed by atoms with Gasteiger partial charge in [0.05, 0.1) is 17.9 Å². The average molecular weight is 536 g/mol. The standard InChI is InChI=1S/C31H41N3O5/c1-4-15-32-16-9-11-24-25(28(32)36)26-29(37)34(17-7-5-6-8-19-35)27-30(38)33(18-10-14-31(26,27)39-24)23-20-21(2)12-13-22(23)3/h9-14,20,24-27,35H,4-8,15-19H2,1-3H3/t24-,25+,26+,27?,31+/m1/s1. The molecule has 4 heterocycles. The molecule has 1 N–H and O–H groups in total. The first-order chi connectivity index (χ1) is 18.8. The fourth-order valence-electron chi connectivity index (χ4n) is 6.87. The lowest BCUT2D eigenvalue weighted by atomic mass is 9.77. The number of unbranched alkanes of at least 4 members (excludes halogenated alkanes) is 3. The van der Waals surface area contributed by atoms with Crippen LogP contribution >= 0.6 is 0 Å². The Morgan fingerprint density at radius 3 is 2.54 bits per heavy atom. The molecule has 5 atom stereocenters. The van der Waals surface area contributed by atoms with E-state index in [1.807, 2.05) is 68.2 Å². The van der Waals surface area contributed by atoms with Crippen molar-refractivity contribution < 1.29 is 24.2 Å². The highest BCUT2D eigenvalue weighted by Gasteiger charge is 2.71. The molecule has 4 aliphatic heterocycles. The third-order valence-electron chi connectivity index (χ3n) is 8.70. The zero-order chi connectivity index (χ0) is 27.7. The van der Waals surface area contributed by atoms with Crippen LogP contribution in [0.3, 0.4) is 0 Å². The van der Waals surface area contributed by atoms with Crippen molar-refractivity contribution in [2.24, 2.45) is 11.8 Å². The minimum Gasteiger partial charge on any atom is -0.396 e. The molecule has 210 valence electrons. The molecule has 0 aliphatic carbocycles. The maximum atomic E-state index is 14.5. The Hall–Kier alpha value is -2.97. The number of amides is 3. The number of aliphatic hydroxyl groups is 1. The largest absolute Gasteiger partial charge is 0.396 e. The Kier molecular flexibility index (Phi) is 7.96. The summed E-state index contributed by atoms with van der Waals surface area (Å²) in [7, 11) is 0. The molecule has 3 amide bonds. The fraction of sp³-hybridized carbons (Fsp3) is 0.581. The molecule has 8 nitrogen and oxygen atoms in total. The molecule has 1 aromatic rings. The van der Waals surface area contributed by atoms with Gasteiger partial charge < -0.3 is 24.5 Å². The van der Waals surface area contributed by atoms with E-state index in [0.717, 1.165) is 42.5 Å². The highest BCUT2D eigenvalue weighted by Crippen LogP contribution is 2.53. The fourth-order valence-corrected chi connectivity index (χ4v) is 6.87. The number of anilines is 1. The summed E-state index contributed by atoms with van der Waals surface area (Å²) in [6, 6.07) is 5.21. The van der Waals surface area contributed by atoms with Crippen LogP contribution in [-0.2, 0) is 19.1 Å². The number of carbonyl (C=O) groups excluding carboxylic acids is 3. The van der Waals surface area contributed by atoms with Crippen molar-refractivity contribution in [1.29, 1.82) is 0 Å². The van der Waals surface area contributed by atoms with E-state index in [0.29, 0.717) is 32.6 Å². The van der Waals surface area contributed by atoms with Crippen molar-refractivity contribution in [2.75, 3.05) is 37.7 Å². The number of nitrogens with zero attached hydrogens (tertiary/aromatic N) is 3. The summed E-state index contributed by atoms with van der Waals surface area (Å²) in [5.41, 5.74) is 1.67. The summed E-state index contributed by atoms with van der Waals surface area (Å²) in [4.78, 5) is 47.9. The van der Waals surface area contributed by atoms with Gasteiger partial charge in [0.2, 0.25) is 11.8 Å². The maximum absolute atomic E-state index is 14.5. The van der Waals surface area contributed by atoms with Crippen LogP contribution in [0.4, 0.5) is 5.69 Å². The Balaban J connectivity index is 1.55. The summed E-state index contributed by atoms with van der Waals surface area (Å²) < 4.78 is 6.73. The minimum absolute atomic E-state index is 0.0675. The number of ether oxygens (including phenoxy) is 1. The summed E-state index contributed by atoms with van der Waals surface area (Å²) in [6.07, 6.45) is 11.1. The first-order valence-electron chi connectivity index (χ1n) is 14.4. The third kappa shape index (κ3) is 4.72. The molecule has 8 heteroatoms. The van der Waals surface area contributed by atoms with E-state index in [1.165, 1.54) is 0 Å². The van der Waals surface area contributed by atoms with Crippen LogP contribution < -0.4 is 4.90 Å². The molecule has 0 bridgehead atoms. The topological polar surface area (TPSA) is 90.4 Å². The number of hydrogen-bond acceptors (Lipinski definition) is 5. The van der Waals surface area contributed by atoms with Gasteiger partial charge in [-0.3, -0.25) is 14.4 Å². The second kappa shape index (κ2) is 11.3. The van der Waals surface area contributed by atoms with Crippen LogP contribution in [0.5, 0.6) is 0 Å². The van der Waals surface area contributed by atoms with E-state index in [9.17, 15) is 14.4 Å². The Bertz CT molecular complexity index is 1180. The molecule has 1 unspecified atom stereocenters. The molecule has 5 rings (SSSR count). The SMILES string of the molecule is CCCN1CC=C[C@H]2O[C@]34C=CCN(c5cc(C)ccc5C)C(=O)C3N(CCCCCCO)C(=O)[C@@H]4[C@H]2C1=O. The van der Waals surface area contributed by atoms with Crippen molar-refractivity contribution in [3.8, 4) is 0 Å². The molecule has 2 fully saturated rings. The van der Waals surface area contributed by atoms with Crippen molar-refractivity contribution in [2.45, 2.75) is 70.6 Å². The van der Waals surface area contributed by atoms with Gasteiger partial charge in [-0.1, -0.05) is 56.2 Å². The summed E-state index contributed by atoms with van der Waals surface area (Å²) in [6.45, 7) is 8.08. The second-order valence-electron chi connectivity index (χ2n) is 11.4. The van der Waals surface area contributed by atoms with Gasteiger partial charge in [0.1, 0.15) is 11.6 Å². The molecular weight excluding hydrogens is 494 g/mol. The van der Waals surface area contributed by atoms with E-state index in [2.05, 4.69) is 0 Å². The number of likely N-dealkylation sites (tertiary alicyclic amines) is 1. The van der Waals surface area contributed by atoms with Crippen LogP contribution in [0, 0.1) is 25.7 Å². The Morgan fingerprint density at radius 1 is 0.974 bits per heavy atom. The highest BCUT2D eigenvalue weighted by molar-refractivity contribution is 6.06. The third-order valence-corrected chi connectivity index (χ3v) is 8.70. The summed E-state index contributed by atoms with van der Waals surface area (Å²) in [5.74, 6) is -1.82. The quantitative estimate of drug-likeness (QED) is 0.388. The molecule has 0 saturated carbocycles. The van der Waals surface area contributed by atoms with Crippen molar-refractivity contribution in [1.82, 2.24) is 9.80 Å². The van der Waals surface area contributed by atoms with Gasteiger partial charge in [-0.05, 0) is 50.3 Å². The maximum Gasteiger partial charge on any atom is 0.253 e. The zero-order valence-electron chi connectivity index (χ0n) is 23.3. The van der Waals surface area contributed by atoms with Gasteiger partial charge in [-0.25, -0.2) is 0 Å². The van der Waals surface area contributed by atoms with Gasteiger partial charge in [0, 0.05) is 38.5 Å². The van der Waals surface area contributed by atoms with Crippen molar-refractivity contribution in [3.05, 3.63) is 53.6 Å². The smallest absolute Gasteiger partial charge is 0.253 e. The number of benzene rings is 1. The first kappa shape index (κ1) is 27.6. The molecule has 0 radical (unpaired) electrons. The van der Waals surface area contributed by atoms with Gasteiger partial charge in [-0.15, -0.1) is 0 Å². The first-order valence-corrected chi connectivity index (χ1v) is 14.4. The molecule has 1 spiro atoms. The van der Waals surface area contributed by atoms with Crippen LogP contribution in [0.15, 0.2) is 42.5 Å². The highest BCUT2D eigenvalue weighted by atomic mass is 16.5. The molecule has 4 aliphatic rings. The van der Waals surface area contributed by atoms with E-state index in [-0.39, 0.29) is 24.3 Å². The van der Waals surface area contributed by atoms with Gasteiger partial charge in [-0.2, -0.15) is 0 Å². The summed E-state index contributed by atoms with van der Waals surface area (Å²) in [5, 5.41) is 9.16. The predicted molar refractivity (Wildman–Crippen MR) is 149 cm³/mol. The second-order valence-corrected chi connectivity index (χ2v) is 11.4. The van der Waals surface area contributed by atoms with Gasteiger partial charge in [0.25, 0.3) is 5.91 Å². The van der Waals surface area contributed by atoms with Crippen LogP contribution in [0.25, 0.3) is 0 Å². The van der Waals surface area contributed by atoms with Crippen molar-refractivity contribution in [3.63, 3.8) is 0 Å². The van der Waals surface area contributed by atoms with Crippen LogP contribution in [-0.4, -0.2) is 83.2 Å². The number of rotatable bonds is 9.